The van der Waals surface area contributed by atoms with Crippen LogP contribution < -0.4 is 0 Å². The van der Waals surface area contributed by atoms with Crippen molar-refractivity contribution in [3.63, 3.8) is 0 Å². The number of halogens is 2. The fourth-order valence-electron chi connectivity index (χ4n) is 7.74. The van der Waals surface area contributed by atoms with E-state index in [2.05, 4.69) is 0 Å². The molecule has 4 aliphatic rings. The van der Waals surface area contributed by atoms with Crippen molar-refractivity contribution in [2.45, 2.75) is 59.1 Å². The molecular weight excluding hydrogens is 486 g/mol. The highest BCUT2D eigenvalue weighted by molar-refractivity contribution is 8.34. The molecule has 2 nitrogen and oxygen atoms in total. The molecule has 0 radical (unpaired) electrons. The Kier molecular flexibility index (Phi) is 6.38. The summed E-state index contributed by atoms with van der Waals surface area (Å²) >= 11 is 0. The van der Waals surface area contributed by atoms with Gasteiger partial charge in [0, 0.05) is 5.41 Å². The average Bonchev–Trinajstić information content (AvgIpc) is 2.91. The number of hydrogen-bond acceptors (Lipinski definition) is 2. The Hall–Kier alpha value is -2.66. The molecule has 194 valence electrons. The first-order valence-electron chi connectivity index (χ1n) is 13.4. The first-order valence-corrected chi connectivity index (χ1v) is 15.2. The first kappa shape index (κ1) is 24.7. The Morgan fingerprint density at radius 3 is 1.49 bits per heavy atom. The molecule has 3 aromatic rings. The van der Waals surface area contributed by atoms with E-state index in [0.29, 0.717) is 17.8 Å². The molecule has 0 aliphatic heterocycles. The minimum Gasteiger partial charge on any atom is -0.461 e. The summed E-state index contributed by atoms with van der Waals surface area (Å²) in [5.74, 6) is -3.58. The maximum absolute atomic E-state index is 16.1. The van der Waals surface area contributed by atoms with Crippen molar-refractivity contribution < 1.29 is 18.3 Å². The SMILES string of the molecule is O=C(OCC12CC3CC(CC(C3)C1)C2)C(F)(F)CS(c1ccccc1)(c1ccccc1)c1ccccc1. The average molecular weight is 521 g/mol. The van der Waals surface area contributed by atoms with Crippen LogP contribution in [0.4, 0.5) is 8.78 Å². The van der Waals surface area contributed by atoms with E-state index in [0.717, 1.165) is 33.9 Å². The number of carbonyl (C=O) groups is 1. The maximum atomic E-state index is 16.1. The van der Waals surface area contributed by atoms with Gasteiger partial charge in [-0.25, -0.2) is 4.79 Å². The smallest absolute Gasteiger partial charge is 0.377 e. The zero-order valence-electron chi connectivity index (χ0n) is 21.0. The zero-order valence-corrected chi connectivity index (χ0v) is 21.8. The van der Waals surface area contributed by atoms with Crippen LogP contribution in [0, 0.1) is 23.2 Å². The predicted octanol–water partition coefficient (Wildman–Crippen LogP) is 8.36. The highest BCUT2D eigenvalue weighted by Gasteiger charge is 2.53. The van der Waals surface area contributed by atoms with Gasteiger partial charge < -0.3 is 4.74 Å². The molecule has 4 fully saturated rings. The minimum atomic E-state index is -3.63. The summed E-state index contributed by atoms with van der Waals surface area (Å²) in [6.45, 7) is 0.134. The second kappa shape index (κ2) is 9.58. The number of ether oxygens (including phenoxy) is 1. The molecule has 37 heavy (non-hydrogen) atoms. The van der Waals surface area contributed by atoms with Gasteiger partial charge in [-0.2, -0.15) is 18.8 Å². The highest BCUT2D eigenvalue weighted by atomic mass is 32.3. The summed E-state index contributed by atoms with van der Waals surface area (Å²) in [4.78, 5) is 15.6. The van der Waals surface area contributed by atoms with Crippen LogP contribution in [0.3, 0.4) is 0 Å². The van der Waals surface area contributed by atoms with Crippen LogP contribution in [0.2, 0.25) is 0 Å². The van der Waals surface area contributed by atoms with Gasteiger partial charge in [-0.3, -0.25) is 0 Å². The Morgan fingerprint density at radius 2 is 1.11 bits per heavy atom. The van der Waals surface area contributed by atoms with Crippen LogP contribution in [0.15, 0.2) is 106 Å². The largest absolute Gasteiger partial charge is 0.461 e. The van der Waals surface area contributed by atoms with E-state index in [1.165, 1.54) is 19.3 Å². The summed E-state index contributed by atoms with van der Waals surface area (Å²) < 4.78 is 37.7. The van der Waals surface area contributed by atoms with Crippen molar-refractivity contribution in [2.24, 2.45) is 23.2 Å². The Labute approximate surface area is 219 Å². The fraction of sp³-hybridized carbons (Fsp3) is 0.406. The number of alkyl halides is 2. The third-order valence-electron chi connectivity index (χ3n) is 8.81. The van der Waals surface area contributed by atoms with E-state index < -0.39 is 27.7 Å². The standard InChI is InChI=1S/C32H34F2O2S/c33-32(34,30(35)36-22-31-19-24-16-25(20-31)18-26(17-24)21-31)23-37(27-10-4-1-5-11-27,28-12-6-2-7-13-28)29-14-8-3-9-15-29/h1-15,24-26H,16-23H2. The molecule has 0 atom stereocenters. The third kappa shape index (κ3) is 4.60. The zero-order chi connectivity index (χ0) is 25.5. The summed E-state index contributed by atoms with van der Waals surface area (Å²) in [5, 5.41) is 0. The van der Waals surface area contributed by atoms with Gasteiger partial charge in [0.05, 0.1) is 12.4 Å². The molecular formula is C32H34F2O2S. The first-order chi connectivity index (χ1) is 17.9. The fourth-order valence-corrected chi connectivity index (χ4v) is 11.6. The maximum Gasteiger partial charge on any atom is 0.377 e. The van der Waals surface area contributed by atoms with E-state index in [1.54, 1.807) is 0 Å². The molecule has 0 N–H and O–H groups in total. The van der Waals surface area contributed by atoms with Crippen LogP contribution >= 0.6 is 10.0 Å². The van der Waals surface area contributed by atoms with Crippen molar-refractivity contribution in [1.29, 1.82) is 0 Å². The van der Waals surface area contributed by atoms with Crippen molar-refractivity contribution in [1.82, 2.24) is 0 Å². The Balaban J connectivity index is 1.32. The number of esters is 1. The molecule has 0 amide bonds. The lowest BCUT2D eigenvalue weighted by molar-refractivity contribution is -0.178. The summed E-state index contributed by atoms with van der Waals surface area (Å²) in [6, 6.07) is 28.4. The van der Waals surface area contributed by atoms with Gasteiger partial charge in [-0.05, 0) is 107 Å². The molecule has 0 unspecified atom stereocenters. The van der Waals surface area contributed by atoms with Crippen LogP contribution in [-0.4, -0.2) is 24.3 Å². The lowest BCUT2D eigenvalue weighted by Crippen LogP contribution is -2.49. The van der Waals surface area contributed by atoms with Gasteiger partial charge in [0.2, 0.25) is 0 Å². The highest BCUT2D eigenvalue weighted by Crippen LogP contribution is 2.70. The summed E-state index contributed by atoms with van der Waals surface area (Å²) in [7, 11) is -2.45. The monoisotopic (exact) mass is 520 g/mol. The minimum absolute atomic E-state index is 0.0945. The van der Waals surface area contributed by atoms with Gasteiger partial charge in [0.25, 0.3) is 0 Å². The van der Waals surface area contributed by atoms with Crippen LogP contribution in [0.1, 0.15) is 38.5 Å². The molecule has 7 rings (SSSR count). The van der Waals surface area contributed by atoms with Crippen molar-refractivity contribution >= 4 is 16.0 Å². The Morgan fingerprint density at radius 1 is 0.730 bits per heavy atom. The number of rotatable bonds is 8. The van der Waals surface area contributed by atoms with Crippen molar-refractivity contribution in [2.75, 3.05) is 12.4 Å². The van der Waals surface area contributed by atoms with Crippen molar-refractivity contribution in [3.05, 3.63) is 91.0 Å². The normalized spacial score (nSPS) is 27.1. The van der Waals surface area contributed by atoms with Gasteiger partial charge in [0.1, 0.15) is 0 Å². The third-order valence-corrected chi connectivity index (χ3v) is 12.8. The molecule has 3 aromatic carbocycles. The molecule has 0 heterocycles. The van der Waals surface area contributed by atoms with Crippen LogP contribution in [0.25, 0.3) is 0 Å². The van der Waals surface area contributed by atoms with Gasteiger partial charge in [-0.1, -0.05) is 54.6 Å². The number of benzene rings is 3. The van der Waals surface area contributed by atoms with Crippen LogP contribution in [-0.2, 0) is 9.53 Å². The van der Waals surface area contributed by atoms with Gasteiger partial charge in [0.15, 0.2) is 0 Å². The van der Waals surface area contributed by atoms with Crippen LogP contribution in [0.5, 0.6) is 0 Å². The topological polar surface area (TPSA) is 26.3 Å². The van der Waals surface area contributed by atoms with Crippen molar-refractivity contribution in [3.8, 4) is 0 Å². The molecule has 4 aliphatic carbocycles. The number of hydrogen-bond donors (Lipinski definition) is 0. The summed E-state index contributed by atoms with van der Waals surface area (Å²) in [6.07, 6.45) is 6.85. The molecule has 4 bridgehead atoms. The van der Waals surface area contributed by atoms with E-state index in [-0.39, 0.29) is 12.0 Å². The van der Waals surface area contributed by atoms with E-state index in [1.807, 2.05) is 91.0 Å². The molecule has 0 aromatic heterocycles. The summed E-state index contributed by atoms with van der Waals surface area (Å²) in [5.41, 5.74) is -0.0945. The second-order valence-electron chi connectivity index (χ2n) is 11.5. The van der Waals surface area contributed by atoms with E-state index >= 15 is 8.78 Å². The quantitative estimate of drug-likeness (QED) is 0.279. The lowest BCUT2D eigenvalue weighted by Gasteiger charge is -2.56. The Bertz CT molecular complexity index is 1100. The van der Waals surface area contributed by atoms with Gasteiger partial charge >= 0.3 is 11.9 Å². The number of carbonyl (C=O) groups excluding carboxylic acids is 1. The van der Waals surface area contributed by atoms with E-state index in [9.17, 15) is 4.79 Å². The molecule has 5 heteroatoms. The second-order valence-corrected chi connectivity index (χ2v) is 14.7. The lowest BCUT2D eigenvalue weighted by atomic mass is 9.50. The molecule has 4 saturated carbocycles. The van der Waals surface area contributed by atoms with Gasteiger partial charge in [-0.15, -0.1) is 0 Å². The molecule has 0 saturated heterocycles. The van der Waals surface area contributed by atoms with E-state index in [4.69, 9.17) is 4.74 Å². The molecule has 0 spiro atoms. The predicted molar refractivity (Wildman–Crippen MR) is 143 cm³/mol.